The molecule has 4 heteroatoms. The van der Waals surface area contributed by atoms with E-state index in [1.54, 1.807) is 12.3 Å². The maximum absolute atomic E-state index is 11.9. The van der Waals surface area contributed by atoms with Crippen molar-refractivity contribution in [3.8, 4) is 0 Å². The monoisotopic (exact) mass is 234 g/mol. The molecule has 92 valence electrons. The van der Waals surface area contributed by atoms with Gasteiger partial charge in [-0.15, -0.1) is 0 Å². The lowest BCUT2D eigenvalue weighted by Crippen LogP contribution is -2.37. The minimum atomic E-state index is 0.122. The van der Waals surface area contributed by atoms with Gasteiger partial charge in [0, 0.05) is 32.3 Å². The fourth-order valence-corrected chi connectivity index (χ4v) is 1.85. The second kappa shape index (κ2) is 5.89. The molecule has 17 heavy (non-hydrogen) atoms. The highest BCUT2D eigenvalue weighted by Gasteiger charge is 2.13. The van der Waals surface area contributed by atoms with Crippen LogP contribution in [0.2, 0.25) is 0 Å². The summed E-state index contributed by atoms with van der Waals surface area (Å²) in [6.45, 7) is 6.17. The van der Waals surface area contributed by atoms with Crippen LogP contribution in [0.4, 0.5) is 0 Å². The molecule has 0 atom stereocenters. The van der Waals surface area contributed by atoms with Gasteiger partial charge in [0.2, 0.25) is 0 Å². The molecule has 2 heterocycles. The lowest BCUT2D eigenvalue weighted by atomic mass is 10.1. The Morgan fingerprint density at radius 2 is 2.18 bits per heavy atom. The van der Waals surface area contributed by atoms with Crippen LogP contribution in [0.15, 0.2) is 18.3 Å². The Labute approximate surface area is 102 Å². The zero-order valence-electron chi connectivity index (χ0n) is 10.2. The maximum Gasteiger partial charge on any atom is 0.182 e. The minimum absolute atomic E-state index is 0.122. The number of carbonyl (C=O) groups excluding carboxylic acids is 1. The molecule has 1 aromatic heterocycles. The lowest BCUT2D eigenvalue weighted by Gasteiger charge is -2.26. The smallest absolute Gasteiger partial charge is 0.182 e. The summed E-state index contributed by atoms with van der Waals surface area (Å²) in [7, 11) is 0. The SMILES string of the molecule is Cc1ccc(C(=O)CCN2CCOCC2)nc1. The molecule has 1 aliphatic rings. The molecule has 0 bridgehead atoms. The summed E-state index contributed by atoms with van der Waals surface area (Å²) in [5, 5.41) is 0. The fraction of sp³-hybridized carbons (Fsp3) is 0.538. The molecular formula is C13H18N2O2. The predicted molar refractivity (Wildman–Crippen MR) is 65.2 cm³/mol. The van der Waals surface area contributed by atoms with Crippen molar-refractivity contribution in [1.29, 1.82) is 0 Å². The van der Waals surface area contributed by atoms with Crippen molar-refractivity contribution < 1.29 is 9.53 Å². The first kappa shape index (κ1) is 12.2. The van der Waals surface area contributed by atoms with Crippen LogP contribution in [-0.4, -0.2) is 48.5 Å². The normalized spacial score (nSPS) is 17.0. The van der Waals surface area contributed by atoms with Crippen LogP contribution in [-0.2, 0) is 4.74 Å². The van der Waals surface area contributed by atoms with Crippen molar-refractivity contribution in [2.24, 2.45) is 0 Å². The summed E-state index contributed by atoms with van der Waals surface area (Å²) < 4.78 is 5.27. The van der Waals surface area contributed by atoms with Crippen LogP contribution < -0.4 is 0 Å². The number of nitrogens with zero attached hydrogens (tertiary/aromatic N) is 2. The van der Waals surface area contributed by atoms with Crippen molar-refractivity contribution in [3.63, 3.8) is 0 Å². The fourth-order valence-electron chi connectivity index (χ4n) is 1.85. The van der Waals surface area contributed by atoms with Gasteiger partial charge in [0.15, 0.2) is 5.78 Å². The number of ketones is 1. The molecule has 1 fully saturated rings. The Morgan fingerprint density at radius 1 is 1.41 bits per heavy atom. The maximum atomic E-state index is 11.9. The van der Waals surface area contributed by atoms with Gasteiger partial charge < -0.3 is 4.74 Å². The Balaban J connectivity index is 1.82. The average Bonchev–Trinajstić information content (AvgIpc) is 2.38. The zero-order chi connectivity index (χ0) is 12.1. The lowest BCUT2D eigenvalue weighted by molar-refractivity contribution is 0.0369. The number of Topliss-reactive ketones (excluding diaryl/α,β-unsaturated/α-hetero) is 1. The second-order valence-electron chi connectivity index (χ2n) is 4.35. The Bertz CT molecular complexity index is 370. The number of morpholine rings is 1. The summed E-state index contributed by atoms with van der Waals surface area (Å²) in [5.41, 5.74) is 1.65. The van der Waals surface area contributed by atoms with Crippen molar-refractivity contribution in [3.05, 3.63) is 29.6 Å². The molecule has 1 aliphatic heterocycles. The predicted octanol–water partition coefficient (Wildman–Crippen LogP) is 1.30. The molecule has 0 spiro atoms. The average molecular weight is 234 g/mol. The third-order valence-electron chi connectivity index (χ3n) is 2.96. The topological polar surface area (TPSA) is 42.4 Å². The third kappa shape index (κ3) is 3.61. The molecule has 1 aromatic rings. The number of aryl methyl sites for hydroxylation is 1. The highest BCUT2D eigenvalue weighted by molar-refractivity contribution is 5.94. The molecular weight excluding hydrogens is 216 g/mol. The molecule has 0 radical (unpaired) electrons. The van der Waals surface area contributed by atoms with Gasteiger partial charge >= 0.3 is 0 Å². The molecule has 0 aromatic carbocycles. The molecule has 4 nitrogen and oxygen atoms in total. The second-order valence-corrected chi connectivity index (χ2v) is 4.35. The summed E-state index contributed by atoms with van der Waals surface area (Å²) in [5.74, 6) is 0.122. The van der Waals surface area contributed by atoms with E-state index in [-0.39, 0.29) is 5.78 Å². The molecule has 2 rings (SSSR count). The molecule has 0 amide bonds. The first-order valence-corrected chi connectivity index (χ1v) is 6.01. The Kier molecular flexibility index (Phi) is 4.23. The van der Waals surface area contributed by atoms with Crippen molar-refractivity contribution >= 4 is 5.78 Å². The highest BCUT2D eigenvalue weighted by atomic mass is 16.5. The number of rotatable bonds is 4. The number of pyridine rings is 1. The van der Waals surface area contributed by atoms with Crippen LogP contribution in [0, 0.1) is 6.92 Å². The van der Waals surface area contributed by atoms with Crippen LogP contribution in [0.1, 0.15) is 22.5 Å². The number of hydrogen-bond acceptors (Lipinski definition) is 4. The van der Waals surface area contributed by atoms with E-state index in [9.17, 15) is 4.79 Å². The number of carbonyl (C=O) groups is 1. The summed E-state index contributed by atoms with van der Waals surface area (Å²) in [4.78, 5) is 18.3. The van der Waals surface area contributed by atoms with E-state index in [1.807, 2.05) is 13.0 Å². The van der Waals surface area contributed by atoms with E-state index < -0.39 is 0 Å². The standard InChI is InChI=1S/C13H18N2O2/c1-11-2-3-12(14-10-11)13(16)4-5-15-6-8-17-9-7-15/h2-3,10H,4-9H2,1H3. The quantitative estimate of drug-likeness (QED) is 0.736. The molecule has 0 N–H and O–H groups in total. The van der Waals surface area contributed by atoms with Gasteiger partial charge in [0.25, 0.3) is 0 Å². The van der Waals surface area contributed by atoms with Crippen molar-refractivity contribution in [2.75, 3.05) is 32.8 Å². The first-order chi connectivity index (χ1) is 8.25. The van der Waals surface area contributed by atoms with Crippen molar-refractivity contribution in [2.45, 2.75) is 13.3 Å². The van der Waals surface area contributed by atoms with E-state index >= 15 is 0 Å². The largest absolute Gasteiger partial charge is 0.379 e. The van der Waals surface area contributed by atoms with E-state index in [0.29, 0.717) is 12.1 Å². The Hall–Kier alpha value is -1.26. The van der Waals surface area contributed by atoms with Gasteiger partial charge in [-0.3, -0.25) is 14.7 Å². The van der Waals surface area contributed by atoms with Gasteiger partial charge in [-0.1, -0.05) is 6.07 Å². The number of hydrogen-bond donors (Lipinski definition) is 0. The Morgan fingerprint density at radius 3 is 2.82 bits per heavy atom. The van der Waals surface area contributed by atoms with Gasteiger partial charge in [-0.05, 0) is 18.6 Å². The van der Waals surface area contributed by atoms with Gasteiger partial charge in [-0.2, -0.15) is 0 Å². The van der Waals surface area contributed by atoms with Gasteiger partial charge in [0.05, 0.1) is 13.2 Å². The summed E-state index contributed by atoms with van der Waals surface area (Å²) >= 11 is 0. The van der Waals surface area contributed by atoms with E-state index in [2.05, 4.69) is 9.88 Å². The minimum Gasteiger partial charge on any atom is -0.379 e. The van der Waals surface area contributed by atoms with Crippen molar-refractivity contribution in [1.82, 2.24) is 9.88 Å². The van der Waals surface area contributed by atoms with Crippen LogP contribution in [0.25, 0.3) is 0 Å². The molecule has 0 unspecified atom stereocenters. The van der Waals surface area contributed by atoms with E-state index in [1.165, 1.54) is 0 Å². The molecule has 1 saturated heterocycles. The van der Waals surface area contributed by atoms with Crippen LogP contribution >= 0.6 is 0 Å². The highest BCUT2D eigenvalue weighted by Crippen LogP contribution is 2.04. The molecule has 0 saturated carbocycles. The first-order valence-electron chi connectivity index (χ1n) is 6.01. The van der Waals surface area contributed by atoms with Crippen LogP contribution in [0.3, 0.4) is 0 Å². The summed E-state index contributed by atoms with van der Waals surface area (Å²) in [6.07, 6.45) is 2.28. The van der Waals surface area contributed by atoms with E-state index in [0.717, 1.165) is 38.4 Å². The van der Waals surface area contributed by atoms with Gasteiger partial charge in [0.1, 0.15) is 5.69 Å². The summed E-state index contributed by atoms with van der Waals surface area (Å²) in [6, 6.07) is 3.73. The third-order valence-corrected chi connectivity index (χ3v) is 2.96. The molecule has 0 aliphatic carbocycles. The van der Waals surface area contributed by atoms with Gasteiger partial charge in [-0.25, -0.2) is 0 Å². The number of aromatic nitrogens is 1. The number of ether oxygens (including phenoxy) is 1. The zero-order valence-corrected chi connectivity index (χ0v) is 10.2. The van der Waals surface area contributed by atoms with Crippen LogP contribution in [0.5, 0.6) is 0 Å². The van der Waals surface area contributed by atoms with E-state index in [4.69, 9.17) is 4.74 Å².